The van der Waals surface area contributed by atoms with Crippen molar-refractivity contribution in [2.24, 2.45) is 11.8 Å². The summed E-state index contributed by atoms with van der Waals surface area (Å²) in [6.07, 6.45) is 9.45. The molecule has 0 fully saturated rings. The van der Waals surface area contributed by atoms with Gasteiger partial charge in [0.2, 0.25) is 17.7 Å². The van der Waals surface area contributed by atoms with Crippen molar-refractivity contribution in [3.8, 4) is 0 Å². The number of fused-ring (bicyclic) bond motifs is 4. The maximum Gasteiger partial charge on any atom is 0.411 e. The molecule has 2 aromatic heterocycles. The number of halogens is 1. The Labute approximate surface area is 674 Å². The Hall–Kier alpha value is -9.14. The molecule has 2 aromatic carbocycles. The summed E-state index contributed by atoms with van der Waals surface area (Å²) < 4.78 is 103. The number of ketones is 2. The van der Waals surface area contributed by atoms with Gasteiger partial charge in [0.1, 0.15) is 58.4 Å². The number of esters is 1. The van der Waals surface area contributed by atoms with Crippen LogP contribution in [0.15, 0.2) is 78.2 Å². The number of carbonyl (C=O) groups is 9. The van der Waals surface area contributed by atoms with E-state index < -0.39 is 82.2 Å². The predicted octanol–water partition coefficient (Wildman–Crippen LogP) is 4.89. The van der Waals surface area contributed by atoms with Gasteiger partial charge in [0.25, 0.3) is 11.8 Å². The Morgan fingerprint density at radius 2 is 1.39 bits per heavy atom. The summed E-state index contributed by atoms with van der Waals surface area (Å²) in [5.74, 6) is -4.56. The minimum Gasteiger partial charge on any atom is -0.444 e. The largest absolute Gasteiger partial charge is 0.444 e. The molecule has 0 radical (unpaired) electrons. The van der Waals surface area contributed by atoms with Crippen LogP contribution in [-0.4, -0.2) is 264 Å². The van der Waals surface area contributed by atoms with E-state index in [1.165, 1.54) is 23.1 Å². The molecular weight excluding hydrogens is 1530 g/mol. The van der Waals surface area contributed by atoms with Crippen molar-refractivity contribution in [2.75, 3.05) is 151 Å². The van der Waals surface area contributed by atoms with E-state index in [-0.39, 0.29) is 118 Å². The van der Waals surface area contributed by atoms with Gasteiger partial charge in [-0.15, -0.1) is 5.10 Å². The lowest BCUT2D eigenvalue weighted by atomic mass is 9.81. The zero-order valence-electron chi connectivity index (χ0n) is 67.0. The van der Waals surface area contributed by atoms with Gasteiger partial charge >= 0.3 is 12.1 Å². The number of hydrogen-bond acceptors (Lipinski definition) is 27. The van der Waals surface area contributed by atoms with Gasteiger partial charge in [-0.2, -0.15) is 0 Å². The Morgan fingerprint density at radius 1 is 0.776 bits per heavy atom. The highest BCUT2D eigenvalue weighted by molar-refractivity contribution is 7.90. The number of hydrogen-bond donors (Lipinski definition) is 4. The molecule has 6 amide bonds. The second-order valence-electron chi connectivity index (χ2n) is 29.3. The number of imide groups is 1. The van der Waals surface area contributed by atoms with Crippen LogP contribution in [0.25, 0.3) is 16.6 Å². The van der Waals surface area contributed by atoms with Crippen molar-refractivity contribution < 1.29 is 113 Å². The maximum absolute atomic E-state index is 15.5. The number of nitrogens with zero attached hydrogens (tertiary/aromatic N) is 7. The van der Waals surface area contributed by atoms with Crippen LogP contribution in [0.5, 0.6) is 0 Å². The number of pyridine rings is 1. The SMILES string of the molecule is C=C1OC(=O)C2=C(C=C3c4nc5cc(F)c(C)c6c5c(c4CN3C2)[C@@H](NC(=O)COCN(CCS(C)(=O)=O)C(=O)OCc2ccc(CC(=O)[C@H](C)NC(=O)[C@@H](CC(=O)CCOCCOCCOCCOCCOCCOCCOCCOCCn3cc(CNC(=O)CCCCCN4C(=O)C=CC4=O)nn3)C(C)C)cc2)CC6)[C@@]1(O)CC. The van der Waals surface area contributed by atoms with Crippen molar-refractivity contribution in [1.82, 2.24) is 50.6 Å². The van der Waals surface area contributed by atoms with Crippen LogP contribution in [-0.2, 0) is 139 Å². The molecule has 4 aliphatic heterocycles. The second-order valence-corrected chi connectivity index (χ2v) is 31.5. The van der Waals surface area contributed by atoms with Crippen LogP contribution in [0.3, 0.4) is 0 Å². The molecule has 116 heavy (non-hydrogen) atoms. The van der Waals surface area contributed by atoms with Crippen molar-refractivity contribution in [3.05, 3.63) is 129 Å². The summed E-state index contributed by atoms with van der Waals surface area (Å²) in [7, 11) is -3.57. The van der Waals surface area contributed by atoms with Gasteiger partial charge in [-0.05, 0) is 85.8 Å². The zero-order chi connectivity index (χ0) is 83.3. The summed E-state index contributed by atoms with van der Waals surface area (Å²) in [5.41, 5.74) is 5.04. The van der Waals surface area contributed by atoms with Crippen LogP contribution < -0.4 is 16.0 Å². The molecule has 0 spiro atoms. The number of benzene rings is 2. The monoisotopic (exact) mass is 1640 g/mol. The molecule has 634 valence electrons. The quantitative estimate of drug-likeness (QED) is 0.0198. The third-order valence-corrected chi connectivity index (χ3v) is 21.3. The Bertz CT molecular complexity index is 4320. The van der Waals surface area contributed by atoms with Crippen LogP contribution >= 0.6 is 0 Å². The number of unbranched alkanes of at least 4 members (excludes halogenated alkanes) is 2. The van der Waals surface area contributed by atoms with E-state index in [0.29, 0.717) is 188 Å². The lowest BCUT2D eigenvalue weighted by Gasteiger charge is -2.39. The number of ether oxygens (including phenoxy) is 11. The molecule has 4 atom stereocenters. The molecule has 9 rings (SSSR count). The van der Waals surface area contributed by atoms with E-state index in [0.717, 1.165) is 34.3 Å². The molecule has 6 heterocycles. The fourth-order valence-corrected chi connectivity index (χ4v) is 14.3. The molecule has 0 unspecified atom stereocenters. The number of sulfone groups is 1. The predicted molar refractivity (Wildman–Crippen MR) is 417 cm³/mol. The van der Waals surface area contributed by atoms with Crippen molar-refractivity contribution in [1.29, 1.82) is 0 Å². The van der Waals surface area contributed by atoms with E-state index in [9.17, 15) is 56.7 Å². The molecule has 4 N–H and O–H groups in total. The average Bonchev–Trinajstić information content (AvgIpc) is 1.50. The first-order valence-corrected chi connectivity index (χ1v) is 41.5. The molecule has 5 aliphatic rings. The molecule has 35 heteroatoms. The van der Waals surface area contributed by atoms with E-state index in [2.05, 4.69) is 32.8 Å². The standard InChI is InChI=1S/C81H109FN10O23S/c1-8-81(102)56(6)115-79(100)63-48-90-49-64-76-67(18-17-61-54(4)66(82)45-68(75(61)76)86-77(64)69(90)44-65(63)81)85-72(96)51-113-52-89(24-41-116(7,103)104)80(101)114-50-58-15-13-57(14-16-58)42-70(94)55(5)84-78(99)62(53(2)3)43-60(93)21-25-105-27-29-107-31-33-109-35-37-111-39-40-112-38-36-110-34-32-108-30-28-106-26-23-91-47-59(87-88-91)46-83-71(95)12-10-9-11-22-92-73(97)19-20-74(92)98/h13-16,19-20,44-45,47,53,55,62,67,102H,6,8-12,17-18,21-43,46,48-52H2,1-5,7H3,(H,83,95)(H,84,99)(H,85,96)/t55-,62-,67-,81+/m0/s1. The molecular formula is C81H109FN10O23S. The first-order chi connectivity index (χ1) is 55.7. The molecule has 0 bridgehead atoms. The lowest BCUT2D eigenvalue weighted by molar-refractivity contribution is -0.140. The number of aromatic nitrogens is 4. The number of Topliss-reactive ketones (excluding diaryl/α,β-unsaturated/α-hetero) is 2. The Balaban J connectivity index is 0.563. The highest BCUT2D eigenvalue weighted by atomic mass is 32.2. The second kappa shape index (κ2) is 45.0. The first-order valence-electron chi connectivity index (χ1n) is 39.4. The average molecular weight is 1640 g/mol. The number of carbonyl (C=O) groups excluding carboxylic acids is 9. The molecule has 4 aromatic rings. The fourth-order valence-electron chi connectivity index (χ4n) is 13.7. The maximum atomic E-state index is 15.5. The van der Waals surface area contributed by atoms with Crippen molar-refractivity contribution in [2.45, 2.75) is 143 Å². The van der Waals surface area contributed by atoms with Crippen LogP contribution in [0, 0.1) is 24.6 Å². The smallest absolute Gasteiger partial charge is 0.411 e. The zero-order valence-corrected chi connectivity index (χ0v) is 67.8. The van der Waals surface area contributed by atoms with Gasteiger partial charge in [-0.1, -0.05) is 63.2 Å². The lowest BCUT2D eigenvalue weighted by Crippen LogP contribution is -2.44. The van der Waals surface area contributed by atoms with Crippen molar-refractivity contribution >= 4 is 79.6 Å². The Morgan fingerprint density at radius 3 is 2.00 bits per heavy atom. The third-order valence-electron chi connectivity index (χ3n) is 20.4. The number of nitrogens with one attached hydrogen (secondary N) is 3. The van der Waals surface area contributed by atoms with Gasteiger partial charge in [0.05, 0.1) is 172 Å². The number of aryl methyl sites for hydroxylation is 1. The van der Waals surface area contributed by atoms with E-state index in [1.54, 1.807) is 62.0 Å². The highest BCUT2D eigenvalue weighted by Crippen LogP contribution is 2.49. The Kier molecular flexibility index (Phi) is 35.2. The fraction of sp³-hybridized carbons (Fsp3) is 0.580. The summed E-state index contributed by atoms with van der Waals surface area (Å²) in [6, 6.07) is 6.57. The minimum absolute atomic E-state index is 0.0311. The minimum atomic E-state index is -3.57. The van der Waals surface area contributed by atoms with E-state index in [4.69, 9.17) is 57.1 Å². The van der Waals surface area contributed by atoms with Gasteiger partial charge in [-0.25, -0.2) is 32.1 Å². The number of rotatable bonds is 54. The molecule has 0 saturated carbocycles. The summed E-state index contributed by atoms with van der Waals surface area (Å²) >= 11 is 0. The topological polar surface area (TPSA) is 399 Å². The van der Waals surface area contributed by atoms with Crippen LogP contribution in [0.2, 0.25) is 0 Å². The molecule has 33 nitrogen and oxygen atoms in total. The third kappa shape index (κ3) is 26.7. The first kappa shape index (κ1) is 90.8. The number of aliphatic hydroxyl groups is 1. The highest BCUT2D eigenvalue weighted by Gasteiger charge is 2.48. The molecule has 1 aliphatic carbocycles. The van der Waals surface area contributed by atoms with Crippen molar-refractivity contribution in [3.63, 3.8) is 0 Å². The number of cyclic esters (lactones) is 1. The van der Waals surface area contributed by atoms with Gasteiger partial charge in [0, 0.05) is 92.2 Å². The normalized spacial score (nSPS) is 16.8. The van der Waals surface area contributed by atoms with Gasteiger partial charge in [-0.3, -0.25) is 43.4 Å². The summed E-state index contributed by atoms with van der Waals surface area (Å²) in [4.78, 5) is 125. The number of amides is 6. The van der Waals surface area contributed by atoms with Gasteiger partial charge < -0.3 is 78.1 Å². The van der Waals surface area contributed by atoms with Crippen LogP contribution in [0.1, 0.15) is 130 Å². The van der Waals surface area contributed by atoms with E-state index >= 15 is 4.39 Å². The van der Waals surface area contributed by atoms with E-state index in [1.807, 2.05) is 18.7 Å². The van der Waals surface area contributed by atoms with Gasteiger partial charge in [0.15, 0.2) is 5.78 Å². The van der Waals surface area contributed by atoms with Crippen LogP contribution in [0.4, 0.5) is 9.18 Å². The molecule has 0 saturated heterocycles. The summed E-state index contributed by atoms with van der Waals surface area (Å²) in [6.45, 7) is 18.2. The summed E-state index contributed by atoms with van der Waals surface area (Å²) in [5, 5.41) is 29.2.